The molecule has 4 heteroatoms. The van der Waals surface area contributed by atoms with E-state index < -0.39 is 15.4 Å². The Morgan fingerprint density at radius 2 is 1.33 bits per heavy atom. The molecule has 0 aliphatic rings. The Balaban J connectivity index is 0. The van der Waals surface area contributed by atoms with Crippen LogP contribution in [-0.2, 0) is 29.8 Å². The topological polar surface area (TPSA) is 51.2 Å². The summed E-state index contributed by atoms with van der Waals surface area (Å²) in [5, 5.41) is 0. The summed E-state index contributed by atoms with van der Waals surface area (Å²) in [6.07, 6.45) is 2.00. The molecular formula is C11H12O3Re-2. The van der Waals surface area contributed by atoms with Gasteiger partial charge in [0.25, 0.3) is 0 Å². The van der Waals surface area contributed by atoms with E-state index in [2.05, 4.69) is 0 Å². The summed E-state index contributed by atoms with van der Waals surface area (Å²) in [7, 11) is 0. The minimum atomic E-state index is -2.97. The van der Waals surface area contributed by atoms with Crippen LogP contribution < -0.4 is 0 Å². The molecule has 0 unspecified atom stereocenters. The van der Waals surface area contributed by atoms with Crippen LogP contribution in [0.3, 0.4) is 0 Å². The van der Waals surface area contributed by atoms with Crippen LogP contribution in [0.5, 0.6) is 0 Å². The number of hydrogen-bond acceptors (Lipinski definition) is 3. The number of carbonyl (C=O) groups excluding carboxylic acids is 3. The maximum Gasteiger partial charge on any atom is -0.172 e. The van der Waals surface area contributed by atoms with Crippen molar-refractivity contribution < 1.29 is 29.8 Å². The zero-order valence-electron chi connectivity index (χ0n) is 8.57. The molecule has 0 fully saturated rings. The van der Waals surface area contributed by atoms with Crippen molar-refractivity contribution in [3.8, 4) is 0 Å². The Morgan fingerprint density at radius 3 is 1.40 bits per heavy atom. The van der Waals surface area contributed by atoms with Crippen LogP contribution in [0, 0.1) is 6.42 Å². The molecule has 0 spiro atoms. The van der Waals surface area contributed by atoms with E-state index in [9.17, 15) is 14.4 Å². The van der Waals surface area contributed by atoms with Gasteiger partial charge in [0.2, 0.25) is 0 Å². The fourth-order valence-electron chi connectivity index (χ4n) is 0.368. The van der Waals surface area contributed by atoms with Gasteiger partial charge in [-0.25, -0.2) is 12.1 Å². The van der Waals surface area contributed by atoms with E-state index in [1.54, 1.807) is 0 Å². The van der Waals surface area contributed by atoms with Crippen LogP contribution in [-0.4, -0.2) is 13.1 Å². The standard InChI is InChI=1S/C5H5.C3H7.3CO.Re/c1-2-4-5-3-1;1-3-2;3*1-2;/h1-5H;3H,1-2H3;;;;/q2*-1;;;;. The van der Waals surface area contributed by atoms with Gasteiger partial charge in [0.1, 0.15) is 0 Å². The van der Waals surface area contributed by atoms with E-state index in [1.165, 1.54) is 13.1 Å². The molecule has 1 aromatic carbocycles. The second-order valence-electron chi connectivity index (χ2n) is 2.05. The molecule has 0 saturated heterocycles. The van der Waals surface area contributed by atoms with Crippen LogP contribution in [0.25, 0.3) is 0 Å². The average molecular weight is 378 g/mol. The summed E-state index contributed by atoms with van der Waals surface area (Å²) in [5.74, 6) is 0. The molecule has 0 aliphatic heterocycles. The first-order valence-corrected chi connectivity index (χ1v) is 8.07. The van der Waals surface area contributed by atoms with Gasteiger partial charge in [-0.2, -0.15) is 32.0 Å². The first-order valence-electron chi connectivity index (χ1n) is 4.00. The number of hydrogen-bond donors (Lipinski definition) is 0. The van der Waals surface area contributed by atoms with Crippen molar-refractivity contribution in [1.82, 2.24) is 0 Å². The molecule has 0 radical (unpaired) electrons. The fraction of sp³-hybridized carbons (Fsp3) is 0.182. The molecule has 0 aliphatic carbocycles. The fourth-order valence-corrected chi connectivity index (χ4v) is 0.707. The third-order valence-electron chi connectivity index (χ3n) is 0.787. The van der Waals surface area contributed by atoms with Crippen LogP contribution in [0.4, 0.5) is 0 Å². The van der Waals surface area contributed by atoms with Crippen molar-refractivity contribution in [1.29, 1.82) is 0 Å². The normalized spacial score (nSPS) is 6.27. The maximum absolute atomic E-state index is 9.40. The summed E-state index contributed by atoms with van der Waals surface area (Å²) in [6.45, 7) is 4.00. The molecule has 1 rings (SSSR count). The van der Waals surface area contributed by atoms with Gasteiger partial charge in [-0.3, -0.25) is 0 Å². The molecule has 83 valence electrons. The minimum Gasteiger partial charge on any atom is -0.214 e. The van der Waals surface area contributed by atoms with E-state index in [0.29, 0.717) is 0 Å². The molecular weight excluding hydrogens is 366 g/mol. The van der Waals surface area contributed by atoms with E-state index in [1.807, 2.05) is 50.6 Å². The summed E-state index contributed by atoms with van der Waals surface area (Å²) < 4.78 is 3.87. The largest absolute Gasteiger partial charge is 0.214 e. The van der Waals surface area contributed by atoms with Gasteiger partial charge in [0.15, 0.2) is 0 Å². The van der Waals surface area contributed by atoms with Crippen LogP contribution in [0.15, 0.2) is 30.3 Å². The molecule has 0 amide bonds. The molecule has 0 N–H and O–H groups in total. The quantitative estimate of drug-likeness (QED) is 0.642. The second-order valence-corrected chi connectivity index (χ2v) is 5.75. The van der Waals surface area contributed by atoms with Gasteiger partial charge in [-0.15, -0.1) is 0 Å². The third kappa shape index (κ3) is 15.5. The van der Waals surface area contributed by atoms with E-state index in [4.69, 9.17) is 0 Å². The molecule has 0 saturated carbocycles. The monoisotopic (exact) mass is 379 g/mol. The van der Waals surface area contributed by atoms with Gasteiger partial charge < -0.3 is 6.42 Å². The Morgan fingerprint density at radius 1 is 1.00 bits per heavy atom. The van der Waals surface area contributed by atoms with E-state index in [0.717, 1.165) is 0 Å². The predicted molar refractivity (Wildman–Crippen MR) is 54.8 cm³/mol. The molecule has 0 heterocycles. The van der Waals surface area contributed by atoms with Crippen LogP contribution >= 0.6 is 0 Å². The molecule has 15 heavy (non-hydrogen) atoms. The molecule has 3 nitrogen and oxygen atoms in total. The van der Waals surface area contributed by atoms with Crippen LogP contribution in [0.1, 0.15) is 13.8 Å². The Bertz CT molecular complexity index is 361. The zero-order valence-corrected chi connectivity index (χ0v) is 11.3. The molecule has 0 atom stereocenters. The zero-order chi connectivity index (χ0) is 11.9. The van der Waals surface area contributed by atoms with Crippen molar-refractivity contribution >= 4 is 13.1 Å². The first kappa shape index (κ1) is 16.2. The van der Waals surface area contributed by atoms with Gasteiger partial charge in [-0.1, -0.05) is 0 Å². The first-order chi connectivity index (χ1) is 7.26. The summed E-state index contributed by atoms with van der Waals surface area (Å²) in [6, 6.07) is 10.0. The van der Waals surface area contributed by atoms with Crippen molar-refractivity contribution in [3.63, 3.8) is 0 Å². The van der Waals surface area contributed by atoms with E-state index >= 15 is 0 Å². The van der Waals surface area contributed by atoms with Gasteiger partial charge in [0.05, 0.1) is 0 Å². The summed E-state index contributed by atoms with van der Waals surface area (Å²) >= 11 is -2.97. The minimum absolute atomic E-state index is 1.29. The van der Waals surface area contributed by atoms with Crippen molar-refractivity contribution in [3.05, 3.63) is 36.8 Å². The van der Waals surface area contributed by atoms with Gasteiger partial charge in [0, 0.05) is 0 Å². The van der Waals surface area contributed by atoms with E-state index in [-0.39, 0.29) is 0 Å². The van der Waals surface area contributed by atoms with Gasteiger partial charge >= 0.3 is 42.8 Å². The molecule has 0 bridgehead atoms. The average Bonchev–Trinajstić information content (AvgIpc) is 2.80. The Hall–Kier alpha value is -1.25. The smallest absolute Gasteiger partial charge is 0.172 e. The third-order valence-corrected chi connectivity index (χ3v) is 2.45. The number of rotatable bonds is 0. The Kier molecular flexibility index (Phi) is 16.4. The summed E-state index contributed by atoms with van der Waals surface area (Å²) in [5.41, 5.74) is 0. The Labute approximate surface area is 93.5 Å². The molecule has 1 aromatic rings. The van der Waals surface area contributed by atoms with Crippen molar-refractivity contribution in [2.45, 2.75) is 13.8 Å². The SMILES string of the molecule is C[CH-]C.O=[C]=[Re](=[C]=O)=[C]=O.c1cc[cH-]c1. The maximum atomic E-state index is 9.40. The van der Waals surface area contributed by atoms with Crippen LogP contribution in [0.2, 0.25) is 0 Å². The van der Waals surface area contributed by atoms with Crippen molar-refractivity contribution in [2.75, 3.05) is 0 Å². The second kappa shape index (κ2) is 15.2. The van der Waals surface area contributed by atoms with Crippen molar-refractivity contribution in [2.24, 2.45) is 0 Å². The molecule has 0 aromatic heterocycles. The summed E-state index contributed by atoms with van der Waals surface area (Å²) in [4.78, 5) is 28.2. The van der Waals surface area contributed by atoms with Gasteiger partial charge in [-0.05, 0) is 0 Å². The predicted octanol–water partition coefficient (Wildman–Crippen LogP) is 1.44.